The van der Waals surface area contributed by atoms with Crippen LogP contribution in [0.25, 0.3) is 0 Å². The van der Waals surface area contributed by atoms with Crippen molar-refractivity contribution in [2.45, 2.75) is 45.8 Å². The fourth-order valence-corrected chi connectivity index (χ4v) is 4.46. The Morgan fingerprint density at radius 1 is 1.26 bits per heavy atom. The first-order valence-electron chi connectivity index (χ1n) is 7.69. The predicted octanol–water partition coefficient (Wildman–Crippen LogP) is 0.268. The van der Waals surface area contributed by atoms with Crippen LogP contribution in [-0.4, -0.2) is 49.5 Å². The molecular weight excluding hydrogens is 340 g/mol. The van der Waals surface area contributed by atoms with Crippen LogP contribution in [0.1, 0.15) is 37.6 Å². The summed E-state index contributed by atoms with van der Waals surface area (Å²) < 4.78 is 52.8. The standard InChI is InChI=1S/C13H24N4O4S2/c1-3-4-8-23(20,21)14-10-12-9-13-11-16(22(2,18)19)6-5-7-17(13)15-12/h9,14H,3-8,10-11H2,1-2H3. The third-order valence-electron chi connectivity index (χ3n) is 3.74. The van der Waals surface area contributed by atoms with Gasteiger partial charge in [-0.3, -0.25) is 4.68 Å². The number of unbranched alkanes of at least 4 members (excludes halogenated alkanes) is 1. The highest BCUT2D eigenvalue weighted by Gasteiger charge is 2.23. The fraction of sp³-hybridized carbons (Fsp3) is 0.769. The van der Waals surface area contributed by atoms with Crippen molar-refractivity contribution in [2.24, 2.45) is 0 Å². The summed E-state index contributed by atoms with van der Waals surface area (Å²) >= 11 is 0. The zero-order chi connectivity index (χ0) is 17.1. The molecule has 0 bridgehead atoms. The van der Waals surface area contributed by atoms with Crippen LogP contribution in [0.5, 0.6) is 0 Å². The van der Waals surface area contributed by atoms with Crippen molar-refractivity contribution in [3.8, 4) is 0 Å². The molecule has 0 spiro atoms. The van der Waals surface area contributed by atoms with Gasteiger partial charge >= 0.3 is 0 Å². The summed E-state index contributed by atoms with van der Waals surface area (Å²) in [4.78, 5) is 0. The van der Waals surface area contributed by atoms with E-state index in [9.17, 15) is 16.8 Å². The van der Waals surface area contributed by atoms with Crippen LogP contribution in [0.15, 0.2) is 6.07 Å². The molecular formula is C13H24N4O4S2. The number of aryl methyl sites for hydroxylation is 1. The van der Waals surface area contributed by atoms with Crippen molar-refractivity contribution in [3.63, 3.8) is 0 Å². The van der Waals surface area contributed by atoms with Gasteiger partial charge in [0.25, 0.3) is 0 Å². The van der Waals surface area contributed by atoms with Crippen molar-refractivity contribution in [1.82, 2.24) is 18.8 Å². The van der Waals surface area contributed by atoms with Crippen LogP contribution >= 0.6 is 0 Å². The zero-order valence-corrected chi connectivity index (χ0v) is 15.2. The van der Waals surface area contributed by atoms with Gasteiger partial charge in [-0.1, -0.05) is 13.3 Å². The molecule has 0 aromatic carbocycles. The maximum absolute atomic E-state index is 11.8. The van der Waals surface area contributed by atoms with Gasteiger partial charge in [0.15, 0.2) is 0 Å². The highest BCUT2D eigenvalue weighted by atomic mass is 32.2. The van der Waals surface area contributed by atoms with E-state index >= 15 is 0 Å². The molecule has 0 radical (unpaired) electrons. The molecule has 132 valence electrons. The third-order valence-corrected chi connectivity index (χ3v) is 6.40. The number of nitrogens with one attached hydrogen (secondary N) is 1. The summed E-state index contributed by atoms with van der Waals surface area (Å²) in [6.07, 6.45) is 3.32. The number of hydrogen-bond donors (Lipinski definition) is 1. The van der Waals surface area contributed by atoms with Crippen molar-refractivity contribution in [1.29, 1.82) is 0 Å². The molecule has 0 atom stereocenters. The van der Waals surface area contributed by atoms with E-state index in [-0.39, 0.29) is 18.8 Å². The molecule has 1 aromatic rings. The highest BCUT2D eigenvalue weighted by Crippen LogP contribution is 2.16. The number of hydrogen-bond acceptors (Lipinski definition) is 5. The maximum Gasteiger partial charge on any atom is 0.211 e. The second-order valence-electron chi connectivity index (χ2n) is 5.79. The first-order valence-corrected chi connectivity index (χ1v) is 11.2. The molecule has 10 heteroatoms. The number of fused-ring (bicyclic) bond motifs is 1. The van der Waals surface area contributed by atoms with Crippen LogP contribution in [0.2, 0.25) is 0 Å². The minimum Gasteiger partial charge on any atom is -0.268 e. The van der Waals surface area contributed by atoms with E-state index in [1.165, 1.54) is 10.6 Å². The van der Waals surface area contributed by atoms with E-state index in [1.807, 2.05) is 6.92 Å². The van der Waals surface area contributed by atoms with Crippen molar-refractivity contribution < 1.29 is 16.8 Å². The number of sulfonamides is 2. The van der Waals surface area contributed by atoms with Gasteiger partial charge in [-0.05, 0) is 18.9 Å². The van der Waals surface area contributed by atoms with Crippen LogP contribution in [0, 0.1) is 0 Å². The lowest BCUT2D eigenvalue weighted by molar-refractivity contribution is 0.413. The Labute approximate surface area is 138 Å². The number of nitrogens with zero attached hydrogens (tertiary/aromatic N) is 3. The van der Waals surface area contributed by atoms with Crippen LogP contribution in [-0.2, 0) is 39.7 Å². The SMILES string of the molecule is CCCCS(=O)(=O)NCc1cc2n(n1)CCCN(S(C)(=O)=O)C2. The lowest BCUT2D eigenvalue weighted by Crippen LogP contribution is -2.29. The monoisotopic (exact) mass is 364 g/mol. The van der Waals surface area contributed by atoms with Gasteiger partial charge in [0.2, 0.25) is 20.0 Å². The molecule has 0 unspecified atom stereocenters. The molecule has 8 nitrogen and oxygen atoms in total. The molecule has 1 aromatic heterocycles. The molecule has 0 saturated heterocycles. The molecule has 0 aliphatic carbocycles. The number of rotatable bonds is 7. The van der Waals surface area contributed by atoms with Crippen molar-refractivity contribution in [2.75, 3.05) is 18.6 Å². The Bertz CT molecular complexity index is 740. The lowest BCUT2D eigenvalue weighted by atomic mass is 10.3. The molecule has 0 amide bonds. The van der Waals surface area contributed by atoms with Gasteiger partial charge in [-0.25, -0.2) is 21.6 Å². The van der Waals surface area contributed by atoms with Gasteiger partial charge in [-0.15, -0.1) is 0 Å². The van der Waals surface area contributed by atoms with Gasteiger partial charge in [0.05, 0.1) is 36.5 Å². The van der Waals surface area contributed by atoms with Gasteiger partial charge in [-0.2, -0.15) is 9.40 Å². The summed E-state index contributed by atoms with van der Waals surface area (Å²) in [5, 5.41) is 4.38. The van der Waals surface area contributed by atoms with E-state index < -0.39 is 20.0 Å². The van der Waals surface area contributed by atoms with Gasteiger partial charge in [0.1, 0.15) is 0 Å². The Morgan fingerprint density at radius 3 is 2.65 bits per heavy atom. The summed E-state index contributed by atoms with van der Waals surface area (Å²) in [6, 6.07) is 1.77. The van der Waals surface area contributed by atoms with E-state index in [1.54, 1.807) is 10.7 Å². The maximum atomic E-state index is 11.8. The van der Waals surface area contributed by atoms with Crippen LogP contribution in [0.4, 0.5) is 0 Å². The molecule has 2 heterocycles. The van der Waals surface area contributed by atoms with Crippen molar-refractivity contribution in [3.05, 3.63) is 17.5 Å². The number of aromatic nitrogens is 2. The lowest BCUT2D eigenvalue weighted by Gasteiger charge is -2.16. The highest BCUT2D eigenvalue weighted by molar-refractivity contribution is 7.89. The Kier molecular flexibility index (Phi) is 5.82. The van der Waals surface area contributed by atoms with E-state index in [2.05, 4.69) is 9.82 Å². The van der Waals surface area contributed by atoms with E-state index in [4.69, 9.17) is 0 Å². The summed E-state index contributed by atoms with van der Waals surface area (Å²) in [7, 11) is -6.54. The third kappa shape index (κ3) is 5.27. The average Bonchev–Trinajstić information content (AvgIpc) is 2.72. The molecule has 1 N–H and O–H groups in total. The normalized spacial score (nSPS) is 17.0. The quantitative estimate of drug-likeness (QED) is 0.748. The van der Waals surface area contributed by atoms with Crippen molar-refractivity contribution >= 4 is 20.0 Å². The van der Waals surface area contributed by atoms with E-state index in [0.717, 1.165) is 12.1 Å². The Morgan fingerprint density at radius 2 is 2.00 bits per heavy atom. The molecule has 2 rings (SSSR count). The predicted molar refractivity (Wildman–Crippen MR) is 87.6 cm³/mol. The topological polar surface area (TPSA) is 101 Å². The Hall–Kier alpha value is -0.970. The second kappa shape index (κ2) is 7.29. The van der Waals surface area contributed by atoms with Gasteiger partial charge in [0, 0.05) is 13.1 Å². The average molecular weight is 364 g/mol. The first kappa shape index (κ1) is 18.4. The fourth-order valence-electron chi connectivity index (χ4n) is 2.45. The summed E-state index contributed by atoms with van der Waals surface area (Å²) in [5.41, 5.74) is 1.39. The minimum absolute atomic E-state index is 0.110. The molecule has 0 fully saturated rings. The first-order chi connectivity index (χ1) is 10.7. The van der Waals surface area contributed by atoms with Crippen LogP contribution < -0.4 is 4.72 Å². The van der Waals surface area contributed by atoms with Crippen LogP contribution in [0.3, 0.4) is 0 Å². The summed E-state index contributed by atoms with van der Waals surface area (Å²) in [5.74, 6) is 0.110. The molecule has 1 aliphatic heterocycles. The second-order valence-corrected chi connectivity index (χ2v) is 9.70. The Balaban J connectivity index is 2.05. The summed E-state index contributed by atoms with van der Waals surface area (Å²) in [6.45, 7) is 3.44. The molecule has 23 heavy (non-hydrogen) atoms. The molecule has 1 aliphatic rings. The zero-order valence-electron chi connectivity index (χ0n) is 13.5. The smallest absolute Gasteiger partial charge is 0.211 e. The van der Waals surface area contributed by atoms with Gasteiger partial charge < -0.3 is 0 Å². The minimum atomic E-state index is -3.29. The largest absolute Gasteiger partial charge is 0.268 e. The van der Waals surface area contributed by atoms with E-state index in [0.29, 0.717) is 31.6 Å². The molecule has 0 saturated carbocycles.